The average molecular weight is 303 g/mol. The number of aromatic nitrogens is 3. The minimum atomic E-state index is 0.632. The third kappa shape index (κ3) is 2.73. The van der Waals surface area contributed by atoms with Crippen LogP contribution in [0.25, 0.3) is 0 Å². The number of para-hydroxylation sites is 1. The van der Waals surface area contributed by atoms with E-state index in [9.17, 15) is 0 Å². The zero-order valence-electron chi connectivity index (χ0n) is 12.9. The molecule has 0 radical (unpaired) electrons. The van der Waals surface area contributed by atoms with Crippen LogP contribution in [0, 0.1) is 6.92 Å². The van der Waals surface area contributed by atoms with Gasteiger partial charge in [-0.2, -0.15) is 10.1 Å². The van der Waals surface area contributed by atoms with E-state index in [-0.39, 0.29) is 0 Å². The highest BCUT2D eigenvalue weighted by Gasteiger charge is 2.22. The van der Waals surface area contributed by atoms with Crippen molar-refractivity contribution in [2.45, 2.75) is 13.3 Å². The first-order valence-electron chi connectivity index (χ1n) is 7.68. The first kappa shape index (κ1) is 13.7. The molecule has 1 aliphatic heterocycles. The van der Waals surface area contributed by atoms with Gasteiger partial charge in [0.05, 0.1) is 6.20 Å². The molecule has 2 aromatic carbocycles. The molecule has 0 bridgehead atoms. The number of hydrogen-bond acceptors (Lipinski definition) is 5. The van der Waals surface area contributed by atoms with Crippen molar-refractivity contribution < 1.29 is 0 Å². The lowest BCUT2D eigenvalue weighted by Crippen LogP contribution is -2.17. The van der Waals surface area contributed by atoms with Gasteiger partial charge in [-0.25, -0.2) is 0 Å². The van der Waals surface area contributed by atoms with Crippen molar-refractivity contribution in [3.63, 3.8) is 0 Å². The van der Waals surface area contributed by atoms with Crippen LogP contribution >= 0.6 is 0 Å². The molecule has 2 heterocycles. The molecule has 114 valence electrons. The predicted octanol–water partition coefficient (Wildman–Crippen LogP) is 3.62. The molecule has 1 aliphatic rings. The van der Waals surface area contributed by atoms with E-state index < -0.39 is 0 Å². The third-order valence-electron chi connectivity index (χ3n) is 4.00. The van der Waals surface area contributed by atoms with Crippen LogP contribution in [-0.2, 0) is 6.42 Å². The maximum Gasteiger partial charge on any atom is 0.251 e. The smallest absolute Gasteiger partial charge is 0.251 e. The molecule has 1 aromatic heterocycles. The van der Waals surface area contributed by atoms with Gasteiger partial charge in [0.25, 0.3) is 5.95 Å². The van der Waals surface area contributed by atoms with Crippen molar-refractivity contribution in [1.82, 2.24) is 15.2 Å². The van der Waals surface area contributed by atoms with Gasteiger partial charge in [0.2, 0.25) is 0 Å². The second-order valence-electron chi connectivity index (χ2n) is 5.66. The molecule has 0 spiro atoms. The molecular weight excluding hydrogens is 286 g/mol. The molecule has 5 heteroatoms. The molecule has 1 N–H and O–H groups in total. The number of nitrogens with zero attached hydrogens (tertiary/aromatic N) is 4. The van der Waals surface area contributed by atoms with E-state index in [4.69, 9.17) is 0 Å². The summed E-state index contributed by atoms with van der Waals surface area (Å²) < 4.78 is 0. The maximum absolute atomic E-state index is 4.61. The number of nitrogens with one attached hydrogen (secondary N) is 1. The van der Waals surface area contributed by atoms with E-state index in [1.54, 1.807) is 6.20 Å². The zero-order valence-corrected chi connectivity index (χ0v) is 12.9. The fraction of sp³-hybridized carbons (Fsp3) is 0.167. The van der Waals surface area contributed by atoms with Gasteiger partial charge >= 0.3 is 0 Å². The zero-order chi connectivity index (χ0) is 15.6. The highest BCUT2D eigenvalue weighted by molar-refractivity contribution is 5.66. The number of fused-ring (bicyclic) bond motifs is 1. The molecule has 0 amide bonds. The van der Waals surface area contributed by atoms with E-state index in [0.717, 1.165) is 18.7 Å². The summed E-state index contributed by atoms with van der Waals surface area (Å²) in [5.41, 5.74) is 4.71. The predicted molar refractivity (Wildman–Crippen MR) is 91.4 cm³/mol. The summed E-state index contributed by atoms with van der Waals surface area (Å²) in [6.07, 6.45) is 2.65. The molecule has 5 nitrogen and oxygen atoms in total. The van der Waals surface area contributed by atoms with Gasteiger partial charge in [-0.05, 0) is 37.1 Å². The fourth-order valence-electron chi connectivity index (χ4n) is 2.80. The molecule has 0 saturated carbocycles. The lowest BCUT2D eigenvalue weighted by atomic mass is 10.2. The molecule has 0 aliphatic carbocycles. The van der Waals surface area contributed by atoms with Gasteiger partial charge in [0, 0.05) is 17.9 Å². The lowest BCUT2D eigenvalue weighted by Gasteiger charge is -2.17. The molecular formula is C18H17N5. The Bertz CT molecular complexity index is 829. The molecule has 4 rings (SSSR count). The second kappa shape index (κ2) is 5.68. The normalized spacial score (nSPS) is 13.0. The SMILES string of the molecule is Cc1ccc(Nc2cnnc(N3CCc4ccccc43)n2)cc1. The Hall–Kier alpha value is -2.95. The summed E-state index contributed by atoms with van der Waals surface area (Å²) >= 11 is 0. The quantitative estimate of drug-likeness (QED) is 0.801. The van der Waals surface area contributed by atoms with Gasteiger partial charge in [0.15, 0.2) is 5.82 Å². The third-order valence-corrected chi connectivity index (χ3v) is 4.00. The number of rotatable bonds is 3. The molecule has 3 aromatic rings. The van der Waals surface area contributed by atoms with Crippen LogP contribution in [0.1, 0.15) is 11.1 Å². The van der Waals surface area contributed by atoms with E-state index in [0.29, 0.717) is 11.8 Å². The highest BCUT2D eigenvalue weighted by Crippen LogP contribution is 2.32. The van der Waals surface area contributed by atoms with E-state index in [1.165, 1.54) is 16.8 Å². The van der Waals surface area contributed by atoms with Gasteiger partial charge in [-0.1, -0.05) is 35.9 Å². The molecule has 0 fully saturated rings. The van der Waals surface area contributed by atoms with Gasteiger partial charge < -0.3 is 10.2 Å². The fourth-order valence-corrected chi connectivity index (χ4v) is 2.80. The van der Waals surface area contributed by atoms with E-state index in [1.807, 2.05) is 18.2 Å². The van der Waals surface area contributed by atoms with Crippen LogP contribution < -0.4 is 10.2 Å². The summed E-state index contributed by atoms with van der Waals surface area (Å²) in [4.78, 5) is 6.73. The summed E-state index contributed by atoms with van der Waals surface area (Å²) in [7, 11) is 0. The van der Waals surface area contributed by atoms with E-state index in [2.05, 4.69) is 62.7 Å². The minimum Gasteiger partial charge on any atom is -0.339 e. The number of anilines is 4. The van der Waals surface area contributed by atoms with Crippen molar-refractivity contribution >= 4 is 23.1 Å². The Morgan fingerprint density at radius 2 is 1.87 bits per heavy atom. The van der Waals surface area contributed by atoms with Crippen LogP contribution in [-0.4, -0.2) is 21.7 Å². The summed E-state index contributed by atoms with van der Waals surface area (Å²) in [6.45, 7) is 2.95. The standard InChI is InChI=1S/C18H17N5/c1-13-6-8-15(9-7-13)20-17-12-19-22-18(21-17)23-11-10-14-4-2-3-5-16(14)23/h2-9,12H,10-11H2,1H3,(H,20,21,22). The largest absolute Gasteiger partial charge is 0.339 e. The number of aryl methyl sites for hydroxylation is 1. The first-order chi connectivity index (χ1) is 11.3. The van der Waals surface area contributed by atoms with Gasteiger partial charge in [-0.15, -0.1) is 5.10 Å². The van der Waals surface area contributed by atoms with Crippen molar-refractivity contribution in [2.24, 2.45) is 0 Å². The Morgan fingerprint density at radius 1 is 1.04 bits per heavy atom. The van der Waals surface area contributed by atoms with Crippen molar-refractivity contribution in [2.75, 3.05) is 16.8 Å². The Kier molecular flexibility index (Phi) is 3.38. The van der Waals surface area contributed by atoms with E-state index >= 15 is 0 Å². The molecule has 23 heavy (non-hydrogen) atoms. The van der Waals surface area contributed by atoms with Crippen LogP contribution in [0.3, 0.4) is 0 Å². The monoisotopic (exact) mass is 303 g/mol. The first-order valence-corrected chi connectivity index (χ1v) is 7.68. The van der Waals surface area contributed by atoms with Crippen molar-refractivity contribution in [3.8, 4) is 0 Å². The Labute approximate surface area is 135 Å². The second-order valence-corrected chi connectivity index (χ2v) is 5.66. The summed E-state index contributed by atoms with van der Waals surface area (Å²) in [5, 5.41) is 11.6. The topological polar surface area (TPSA) is 53.9 Å². The minimum absolute atomic E-state index is 0.632. The number of benzene rings is 2. The lowest BCUT2D eigenvalue weighted by molar-refractivity contribution is 0.887. The van der Waals surface area contributed by atoms with Crippen LogP contribution in [0.15, 0.2) is 54.7 Å². The van der Waals surface area contributed by atoms with Crippen molar-refractivity contribution in [1.29, 1.82) is 0 Å². The summed E-state index contributed by atoms with van der Waals surface area (Å²) in [5.74, 6) is 1.33. The Morgan fingerprint density at radius 3 is 2.74 bits per heavy atom. The van der Waals surface area contributed by atoms with Crippen LogP contribution in [0.4, 0.5) is 23.1 Å². The highest BCUT2D eigenvalue weighted by atomic mass is 15.3. The maximum atomic E-state index is 4.61. The number of hydrogen-bond donors (Lipinski definition) is 1. The van der Waals surface area contributed by atoms with Crippen LogP contribution in [0.5, 0.6) is 0 Å². The van der Waals surface area contributed by atoms with Crippen molar-refractivity contribution in [3.05, 3.63) is 65.9 Å². The van der Waals surface area contributed by atoms with Gasteiger partial charge in [-0.3, -0.25) is 0 Å². The average Bonchev–Trinajstić information content (AvgIpc) is 3.01. The van der Waals surface area contributed by atoms with Crippen LogP contribution in [0.2, 0.25) is 0 Å². The Balaban J connectivity index is 1.61. The molecule has 0 saturated heterocycles. The summed E-state index contributed by atoms with van der Waals surface area (Å²) in [6, 6.07) is 16.5. The molecule has 0 unspecified atom stereocenters. The van der Waals surface area contributed by atoms with Gasteiger partial charge in [0.1, 0.15) is 0 Å². The molecule has 0 atom stereocenters.